The van der Waals surface area contributed by atoms with Crippen LogP contribution in [0.25, 0.3) is 0 Å². The highest BCUT2D eigenvalue weighted by atomic mass is 32.1. The molecule has 1 fully saturated rings. The van der Waals surface area contributed by atoms with Crippen LogP contribution in [0.2, 0.25) is 0 Å². The van der Waals surface area contributed by atoms with E-state index in [0.717, 1.165) is 17.5 Å². The molecule has 2 N–H and O–H groups in total. The highest BCUT2D eigenvalue weighted by molar-refractivity contribution is 7.80. The summed E-state index contributed by atoms with van der Waals surface area (Å²) < 4.78 is 19.5. The molecule has 3 rings (SSSR count). The zero-order chi connectivity index (χ0) is 24.0. The maximum atomic E-state index is 14.0. The van der Waals surface area contributed by atoms with Gasteiger partial charge >= 0.3 is 0 Å². The van der Waals surface area contributed by atoms with Crippen molar-refractivity contribution in [3.05, 3.63) is 59.9 Å². The second-order valence-corrected chi connectivity index (χ2v) is 7.66. The molecular weight excluding hydrogens is 447 g/mol. The fourth-order valence-corrected chi connectivity index (χ4v) is 3.69. The van der Waals surface area contributed by atoms with E-state index >= 15 is 0 Å². The van der Waals surface area contributed by atoms with Crippen molar-refractivity contribution in [1.82, 2.24) is 15.3 Å². The molecule has 1 aliphatic rings. The van der Waals surface area contributed by atoms with Gasteiger partial charge in [-0.1, -0.05) is 19.1 Å². The highest BCUT2D eigenvalue weighted by Crippen LogP contribution is 2.21. The number of nitrogens with one attached hydrogen (secondary N) is 2. The lowest BCUT2D eigenvalue weighted by Gasteiger charge is -2.24. The van der Waals surface area contributed by atoms with Gasteiger partial charge in [0.05, 0.1) is 18.6 Å². The summed E-state index contributed by atoms with van der Waals surface area (Å²) in [5.74, 6) is -1.66. The average Bonchev–Trinajstić information content (AvgIpc) is 3.02. The van der Waals surface area contributed by atoms with Gasteiger partial charge in [-0.2, -0.15) is 0 Å². The predicted octanol–water partition coefficient (Wildman–Crippen LogP) is 3.11. The summed E-state index contributed by atoms with van der Waals surface area (Å²) in [6.07, 6.45) is 0.621. The largest absolute Gasteiger partial charge is 0.494 e. The van der Waals surface area contributed by atoms with E-state index in [4.69, 9.17) is 17.0 Å². The Bertz CT molecular complexity index is 1050. The summed E-state index contributed by atoms with van der Waals surface area (Å²) in [7, 11) is 0. The van der Waals surface area contributed by atoms with E-state index in [1.165, 1.54) is 23.1 Å². The number of benzene rings is 2. The zero-order valence-electron chi connectivity index (χ0n) is 18.3. The number of hydrogen-bond acceptors (Lipinski definition) is 5. The molecule has 0 radical (unpaired) electrons. The fraction of sp³-hybridized carbons (Fsp3) is 0.304. The molecule has 2 aromatic rings. The third-order valence-corrected chi connectivity index (χ3v) is 5.36. The molecule has 33 heavy (non-hydrogen) atoms. The standard InChI is InChI=1S/C23H25FN4O4S/c1-3-13-32-16-11-9-15(10-12-16)25-20(29)14-19-22(31)27(4-2)23(33)28(19)26-21(30)17-7-5-6-8-18(17)24/h5-12,19H,3-4,13-14H2,1-2H3,(H,25,29)(H,26,30). The molecule has 3 amide bonds. The van der Waals surface area contributed by atoms with Crippen molar-refractivity contribution in [3.63, 3.8) is 0 Å². The molecule has 1 atom stereocenters. The Morgan fingerprint density at radius 3 is 2.45 bits per heavy atom. The Morgan fingerprint density at radius 2 is 1.82 bits per heavy atom. The number of likely N-dealkylation sites (N-methyl/N-ethyl adjacent to an activating group) is 1. The average molecular weight is 473 g/mol. The number of thiocarbonyl (C=S) groups is 1. The van der Waals surface area contributed by atoms with Gasteiger partial charge in [0.15, 0.2) is 5.11 Å². The van der Waals surface area contributed by atoms with Gasteiger partial charge in [-0.3, -0.25) is 24.7 Å². The first-order chi connectivity index (χ1) is 15.8. The van der Waals surface area contributed by atoms with Crippen LogP contribution in [0.1, 0.15) is 37.0 Å². The summed E-state index contributed by atoms with van der Waals surface area (Å²) in [5, 5.41) is 3.92. The minimum absolute atomic E-state index is 0.0439. The first-order valence-corrected chi connectivity index (χ1v) is 11.0. The van der Waals surface area contributed by atoms with Crippen LogP contribution in [0.3, 0.4) is 0 Å². The molecular formula is C23H25FN4O4S. The van der Waals surface area contributed by atoms with Gasteiger partial charge in [0.1, 0.15) is 17.6 Å². The van der Waals surface area contributed by atoms with Crippen molar-refractivity contribution in [2.24, 2.45) is 0 Å². The lowest BCUT2D eigenvalue weighted by Crippen LogP contribution is -2.49. The first kappa shape index (κ1) is 24.1. The molecule has 2 aromatic carbocycles. The van der Waals surface area contributed by atoms with E-state index in [1.54, 1.807) is 31.2 Å². The van der Waals surface area contributed by atoms with Crippen LogP contribution in [-0.4, -0.2) is 51.9 Å². The minimum atomic E-state index is -1.06. The molecule has 0 aliphatic carbocycles. The fourth-order valence-electron chi connectivity index (χ4n) is 3.30. The number of hydrogen-bond donors (Lipinski definition) is 2. The van der Waals surface area contributed by atoms with E-state index in [2.05, 4.69) is 10.7 Å². The van der Waals surface area contributed by atoms with Crippen LogP contribution in [0.4, 0.5) is 10.1 Å². The predicted molar refractivity (Wildman–Crippen MR) is 125 cm³/mol. The number of hydrazine groups is 1. The summed E-state index contributed by atoms with van der Waals surface area (Å²) >= 11 is 5.32. The van der Waals surface area contributed by atoms with E-state index in [-0.39, 0.29) is 23.6 Å². The Labute approximate surface area is 196 Å². The van der Waals surface area contributed by atoms with E-state index in [0.29, 0.717) is 18.0 Å². The first-order valence-electron chi connectivity index (χ1n) is 10.6. The maximum Gasteiger partial charge on any atom is 0.272 e. The monoisotopic (exact) mass is 472 g/mol. The Morgan fingerprint density at radius 1 is 1.12 bits per heavy atom. The molecule has 0 saturated carbocycles. The quantitative estimate of drug-likeness (QED) is 0.545. The molecule has 1 unspecified atom stereocenters. The minimum Gasteiger partial charge on any atom is -0.494 e. The molecule has 1 heterocycles. The van der Waals surface area contributed by atoms with Gasteiger partial charge in [-0.15, -0.1) is 0 Å². The Kier molecular flexibility index (Phi) is 7.94. The molecule has 10 heteroatoms. The number of nitrogens with zero attached hydrogens (tertiary/aromatic N) is 2. The number of rotatable bonds is 9. The summed E-state index contributed by atoms with van der Waals surface area (Å²) in [5.41, 5.74) is 2.82. The van der Waals surface area contributed by atoms with Crippen molar-refractivity contribution in [1.29, 1.82) is 0 Å². The van der Waals surface area contributed by atoms with Gasteiger partial charge < -0.3 is 10.1 Å². The number of amides is 3. The number of carbonyl (C=O) groups is 3. The number of carbonyl (C=O) groups excluding carboxylic acids is 3. The number of halogens is 1. The Balaban J connectivity index is 1.71. The van der Waals surface area contributed by atoms with Crippen LogP contribution < -0.4 is 15.5 Å². The van der Waals surface area contributed by atoms with Gasteiger partial charge in [0, 0.05) is 12.2 Å². The van der Waals surface area contributed by atoms with Crippen LogP contribution >= 0.6 is 12.2 Å². The molecule has 0 spiro atoms. The molecule has 8 nitrogen and oxygen atoms in total. The lowest BCUT2D eigenvalue weighted by atomic mass is 10.1. The molecule has 0 bridgehead atoms. The lowest BCUT2D eigenvalue weighted by molar-refractivity contribution is -0.130. The normalized spacial score (nSPS) is 15.5. The SMILES string of the molecule is CCCOc1ccc(NC(=O)CC2C(=O)N(CC)C(=S)N2NC(=O)c2ccccc2F)cc1. The zero-order valence-corrected chi connectivity index (χ0v) is 19.2. The van der Waals surface area contributed by atoms with E-state index in [9.17, 15) is 18.8 Å². The molecule has 1 aliphatic heterocycles. The third-order valence-electron chi connectivity index (χ3n) is 4.95. The van der Waals surface area contributed by atoms with Gasteiger partial charge in [-0.25, -0.2) is 9.40 Å². The summed E-state index contributed by atoms with van der Waals surface area (Å²) in [4.78, 5) is 39.4. The molecule has 174 valence electrons. The van der Waals surface area contributed by atoms with E-state index < -0.39 is 29.6 Å². The number of ether oxygens (including phenoxy) is 1. The second kappa shape index (κ2) is 10.9. The summed E-state index contributed by atoms with van der Waals surface area (Å²) in [6, 6.07) is 11.3. The Hall–Kier alpha value is -3.53. The highest BCUT2D eigenvalue weighted by Gasteiger charge is 2.44. The maximum absolute atomic E-state index is 14.0. The van der Waals surface area contributed by atoms with Crippen LogP contribution in [0.15, 0.2) is 48.5 Å². The number of anilines is 1. The topological polar surface area (TPSA) is 91.0 Å². The van der Waals surface area contributed by atoms with Gasteiger partial charge in [-0.05, 0) is 62.0 Å². The van der Waals surface area contributed by atoms with Crippen molar-refractivity contribution in [2.45, 2.75) is 32.7 Å². The van der Waals surface area contributed by atoms with Crippen molar-refractivity contribution >= 4 is 40.7 Å². The van der Waals surface area contributed by atoms with Gasteiger partial charge in [0.2, 0.25) is 5.91 Å². The summed E-state index contributed by atoms with van der Waals surface area (Å²) in [6.45, 7) is 4.59. The van der Waals surface area contributed by atoms with Crippen molar-refractivity contribution < 1.29 is 23.5 Å². The third kappa shape index (κ3) is 5.64. The van der Waals surface area contributed by atoms with Crippen LogP contribution in [0.5, 0.6) is 5.75 Å². The van der Waals surface area contributed by atoms with E-state index in [1.807, 2.05) is 6.92 Å². The van der Waals surface area contributed by atoms with Crippen LogP contribution in [0, 0.1) is 5.82 Å². The smallest absolute Gasteiger partial charge is 0.272 e. The van der Waals surface area contributed by atoms with Crippen LogP contribution in [-0.2, 0) is 9.59 Å². The van der Waals surface area contributed by atoms with Crippen molar-refractivity contribution in [2.75, 3.05) is 18.5 Å². The van der Waals surface area contributed by atoms with Crippen molar-refractivity contribution in [3.8, 4) is 5.75 Å². The van der Waals surface area contributed by atoms with Gasteiger partial charge in [0.25, 0.3) is 11.8 Å². The molecule has 1 saturated heterocycles. The second-order valence-electron chi connectivity index (χ2n) is 7.30. The molecule has 0 aromatic heterocycles.